The van der Waals surface area contributed by atoms with Crippen molar-refractivity contribution in [1.29, 1.82) is 0 Å². The Morgan fingerprint density at radius 2 is 1.84 bits per heavy atom. The average Bonchev–Trinajstić information content (AvgIpc) is 3.35. The zero-order chi connectivity index (χ0) is 22.1. The van der Waals surface area contributed by atoms with Crippen LogP contribution in [0.25, 0.3) is 5.76 Å². The van der Waals surface area contributed by atoms with Gasteiger partial charge in [0, 0.05) is 16.1 Å². The number of anilines is 1. The highest BCUT2D eigenvalue weighted by atomic mass is 32.1. The Morgan fingerprint density at radius 3 is 2.45 bits per heavy atom. The van der Waals surface area contributed by atoms with E-state index in [1.807, 2.05) is 19.2 Å². The summed E-state index contributed by atoms with van der Waals surface area (Å²) in [6.07, 6.45) is -0.00475. The number of ketones is 1. The minimum atomic E-state index is -0.853. The SMILES string of the molecule is CC(C)Oc1ccc(/C(O)=C2/C(=O)C(=O)N(c3cccc(F)c3)C2c2cccs2)cc1. The number of thiophene rings is 1. The number of aliphatic hydroxyl groups excluding tert-OH is 1. The van der Waals surface area contributed by atoms with Crippen LogP contribution in [0.5, 0.6) is 5.75 Å². The molecule has 0 saturated carbocycles. The maximum atomic E-state index is 13.9. The normalized spacial score (nSPS) is 18.1. The largest absolute Gasteiger partial charge is 0.507 e. The molecule has 1 N–H and O–H groups in total. The quantitative estimate of drug-likeness (QED) is 0.334. The Labute approximate surface area is 183 Å². The maximum Gasteiger partial charge on any atom is 0.300 e. The third kappa shape index (κ3) is 3.96. The molecule has 1 amide bonds. The van der Waals surface area contributed by atoms with Crippen molar-refractivity contribution in [2.75, 3.05) is 4.90 Å². The molecule has 0 aliphatic carbocycles. The van der Waals surface area contributed by atoms with Gasteiger partial charge in [-0.15, -0.1) is 11.3 Å². The van der Waals surface area contributed by atoms with Gasteiger partial charge in [0.1, 0.15) is 23.4 Å². The fourth-order valence-corrected chi connectivity index (χ4v) is 4.38. The molecule has 1 unspecified atom stereocenters. The molecule has 1 saturated heterocycles. The predicted molar refractivity (Wildman–Crippen MR) is 118 cm³/mol. The number of carbonyl (C=O) groups is 2. The zero-order valence-electron chi connectivity index (χ0n) is 16.9. The number of halogens is 1. The van der Waals surface area contributed by atoms with Gasteiger partial charge in [0.2, 0.25) is 0 Å². The van der Waals surface area contributed by atoms with Crippen LogP contribution in [0.1, 0.15) is 30.3 Å². The molecule has 2 aromatic carbocycles. The molecule has 0 bridgehead atoms. The molecule has 3 aromatic rings. The number of carbonyl (C=O) groups excluding carboxylic acids is 2. The lowest BCUT2D eigenvalue weighted by molar-refractivity contribution is -0.132. The smallest absolute Gasteiger partial charge is 0.300 e. The highest BCUT2D eigenvalue weighted by molar-refractivity contribution is 7.10. The van der Waals surface area contributed by atoms with Gasteiger partial charge in [0.05, 0.1) is 11.7 Å². The van der Waals surface area contributed by atoms with Gasteiger partial charge in [-0.05, 0) is 67.8 Å². The van der Waals surface area contributed by atoms with Crippen LogP contribution in [0.4, 0.5) is 10.1 Å². The molecule has 0 radical (unpaired) electrons. The average molecular weight is 437 g/mol. The molecule has 0 spiro atoms. The van der Waals surface area contributed by atoms with Gasteiger partial charge in [-0.25, -0.2) is 4.39 Å². The van der Waals surface area contributed by atoms with Crippen LogP contribution in [0.2, 0.25) is 0 Å². The third-order valence-electron chi connectivity index (χ3n) is 4.84. The van der Waals surface area contributed by atoms with E-state index in [2.05, 4.69) is 0 Å². The number of benzene rings is 2. The number of aliphatic hydroxyl groups is 1. The first-order valence-corrected chi connectivity index (χ1v) is 10.6. The van der Waals surface area contributed by atoms with Gasteiger partial charge in [0.25, 0.3) is 11.7 Å². The number of amides is 1. The predicted octanol–water partition coefficient (Wildman–Crippen LogP) is 5.30. The second-order valence-corrected chi connectivity index (χ2v) is 8.33. The van der Waals surface area contributed by atoms with E-state index in [9.17, 15) is 19.1 Å². The molecule has 31 heavy (non-hydrogen) atoms. The summed E-state index contributed by atoms with van der Waals surface area (Å²) in [5.41, 5.74) is 0.601. The Bertz CT molecular complexity index is 1150. The van der Waals surface area contributed by atoms with E-state index in [0.29, 0.717) is 16.2 Å². The minimum Gasteiger partial charge on any atom is -0.507 e. The van der Waals surface area contributed by atoms with Crippen molar-refractivity contribution in [2.24, 2.45) is 0 Å². The standard InChI is InChI=1S/C24H20FNO4S/c1-14(2)30-18-10-8-15(9-11-18)22(27)20-21(19-7-4-12-31-19)26(24(29)23(20)28)17-6-3-5-16(25)13-17/h3-14,21,27H,1-2H3/b22-20-. The second kappa shape index (κ2) is 8.35. The Kier molecular flexibility index (Phi) is 5.61. The summed E-state index contributed by atoms with van der Waals surface area (Å²) >= 11 is 1.35. The molecule has 1 atom stereocenters. The van der Waals surface area contributed by atoms with Crippen LogP contribution in [0.15, 0.2) is 71.6 Å². The van der Waals surface area contributed by atoms with Crippen molar-refractivity contribution in [3.8, 4) is 5.75 Å². The number of Topliss-reactive ketones (excluding diaryl/α,β-unsaturated/α-hetero) is 1. The molecular weight excluding hydrogens is 417 g/mol. The third-order valence-corrected chi connectivity index (χ3v) is 5.77. The maximum absolute atomic E-state index is 13.9. The van der Waals surface area contributed by atoms with Crippen molar-refractivity contribution in [2.45, 2.75) is 26.0 Å². The monoisotopic (exact) mass is 437 g/mol. The molecule has 1 aliphatic rings. The van der Waals surface area contributed by atoms with Crippen molar-refractivity contribution in [3.05, 3.63) is 87.9 Å². The van der Waals surface area contributed by atoms with Gasteiger partial charge >= 0.3 is 0 Å². The first-order chi connectivity index (χ1) is 14.9. The van der Waals surface area contributed by atoms with Crippen LogP contribution >= 0.6 is 11.3 Å². The molecule has 2 heterocycles. The van der Waals surface area contributed by atoms with E-state index in [1.165, 1.54) is 34.4 Å². The summed E-state index contributed by atoms with van der Waals surface area (Å²) in [6.45, 7) is 3.81. The van der Waals surface area contributed by atoms with E-state index >= 15 is 0 Å². The van der Waals surface area contributed by atoms with Crippen LogP contribution < -0.4 is 9.64 Å². The first kappa shape index (κ1) is 20.8. The molecule has 1 fully saturated rings. The molecule has 7 heteroatoms. The molecule has 4 rings (SSSR count). The number of hydrogen-bond donors (Lipinski definition) is 1. The molecule has 5 nitrogen and oxygen atoms in total. The van der Waals surface area contributed by atoms with E-state index in [0.717, 1.165) is 0 Å². The number of rotatable bonds is 5. The summed E-state index contributed by atoms with van der Waals surface area (Å²) in [6, 6.07) is 14.9. The molecule has 1 aliphatic heterocycles. The molecule has 1 aromatic heterocycles. The zero-order valence-corrected chi connectivity index (χ0v) is 17.7. The van der Waals surface area contributed by atoms with Crippen LogP contribution in [0, 0.1) is 5.82 Å². The molecular formula is C24H20FNO4S. The summed E-state index contributed by atoms with van der Waals surface area (Å²) in [7, 11) is 0. The lowest BCUT2D eigenvalue weighted by Gasteiger charge is -2.24. The Hall–Kier alpha value is -3.45. The number of hydrogen-bond acceptors (Lipinski definition) is 5. The number of ether oxygens (including phenoxy) is 1. The van der Waals surface area contributed by atoms with E-state index < -0.39 is 23.5 Å². The van der Waals surface area contributed by atoms with Crippen LogP contribution in [-0.2, 0) is 9.59 Å². The Morgan fingerprint density at radius 1 is 1.10 bits per heavy atom. The van der Waals surface area contributed by atoms with Crippen LogP contribution in [-0.4, -0.2) is 22.9 Å². The lowest BCUT2D eigenvalue weighted by Crippen LogP contribution is -2.29. The fourth-order valence-electron chi connectivity index (χ4n) is 3.56. The van der Waals surface area contributed by atoms with E-state index in [-0.39, 0.29) is 23.1 Å². The van der Waals surface area contributed by atoms with Crippen molar-refractivity contribution >= 4 is 34.5 Å². The van der Waals surface area contributed by atoms with Crippen molar-refractivity contribution < 1.29 is 23.8 Å². The second-order valence-electron chi connectivity index (χ2n) is 7.36. The summed E-state index contributed by atoms with van der Waals surface area (Å²) < 4.78 is 19.5. The molecule has 158 valence electrons. The van der Waals surface area contributed by atoms with Gasteiger partial charge < -0.3 is 9.84 Å². The summed E-state index contributed by atoms with van der Waals surface area (Å²) in [5, 5.41) is 12.9. The van der Waals surface area contributed by atoms with Crippen molar-refractivity contribution in [1.82, 2.24) is 0 Å². The van der Waals surface area contributed by atoms with E-state index in [1.54, 1.807) is 42.5 Å². The van der Waals surface area contributed by atoms with Crippen LogP contribution in [0.3, 0.4) is 0 Å². The number of nitrogens with zero attached hydrogens (tertiary/aromatic N) is 1. The van der Waals surface area contributed by atoms with Gasteiger partial charge in [-0.2, -0.15) is 0 Å². The highest BCUT2D eigenvalue weighted by Crippen LogP contribution is 2.43. The van der Waals surface area contributed by atoms with Gasteiger partial charge in [0.15, 0.2) is 0 Å². The minimum absolute atomic E-state index is 0.00475. The fraction of sp³-hybridized carbons (Fsp3) is 0.167. The summed E-state index contributed by atoms with van der Waals surface area (Å²) in [4.78, 5) is 27.8. The highest BCUT2D eigenvalue weighted by Gasteiger charge is 2.47. The lowest BCUT2D eigenvalue weighted by atomic mass is 9.99. The first-order valence-electron chi connectivity index (χ1n) is 9.74. The van der Waals surface area contributed by atoms with Crippen molar-refractivity contribution in [3.63, 3.8) is 0 Å². The summed E-state index contributed by atoms with van der Waals surface area (Å²) in [5.74, 6) is -1.81. The van der Waals surface area contributed by atoms with Gasteiger partial charge in [-0.3, -0.25) is 14.5 Å². The topological polar surface area (TPSA) is 66.8 Å². The van der Waals surface area contributed by atoms with Gasteiger partial charge in [-0.1, -0.05) is 12.1 Å². The van der Waals surface area contributed by atoms with E-state index in [4.69, 9.17) is 4.74 Å². The Balaban J connectivity index is 1.83.